The van der Waals surface area contributed by atoms with Crippen LogP contribution in [0, 0.1) is 5.41 Å². The van der Waals surface area contributed by atoms with Crippen LogP contribution in [0.1, 0.15) is 36.5 Å². The van der Waals surface area contributed by atoms with Crippen molar-refractivity contribution in [1.29, 1.82) is 0 Å². The van der Waals surface area contributed by atoms with Crippen LogP contribution in [0.2, 0.25) is 0 Å². The highest BCUT2D eigenvalue weighted by atomic mass is 19.4. The zero-order valence-electron chi connectivity index (χ0n) is 21.6. The van der Waals surface area contributed by atoms with Crippen LogP contribution < -0.4 is 20.7 Å². The molecule has 12 heteroatoms. The number of hydrogen-bond donors (Lipinski definition) is 4. The molecule has 3 aromatic rings. The molecular formula is C28H30F3N5O4. The van der Waals surface area contributed by atoms with Crippen LogP contribution in [0.15, 0.2) is 54.6 Å². The zero-order chi connectivity index (χ0) is 28.5. The largest absolute Gasteiger partial charge is 0.480 e. The summed E-state index contributed by atoms with van der Waals surface area (Å²) in [6, 6.07) is 13.7. The second-order valence-electron chi connectivity index (χ2n) is 10.4. The topological polar surface area (TPSA) is 134 Å². The Bertz CT molecular complexity index is 1360. The van der Waals surface area contributed by atoms with Crippen LogP contribution in [0.25, 0.3) is 11.1 Å². The summed E-state index contributed by atoms with van der Waals surface area (Å²) in [4.78, 5) is 21.4. The number of ether oxygens (including phenoxy) is 1. The summed E-state index contributed by atoms with van der Waals surface area (Å²) in [6.45, 7) is 1.50. The first-order valence-electron chi connectivity index (χ1n) is 13.0. The quantitative estimate of drug-likeness (QED) is 0.341. The third kappa shape index (κ3) is 5.82. The highest BCUT2D eigenvalue weighted by Crippen LogP contribution is 2.41. The van der Waals surface area contributed by atoms with E-state index in [0.29, 0.717) is 55.8 Å². The minimum Gasteiger partial charge on any atom is -0.480 e. The Balaban J connectivity index is 1.33. The molecule has 1 aromatic heterocycles. The van der Waals surface area contributed by atoms with Gasteiger partial charge in [0.15, 0.2) is 0 Å². The summed E-state index contributed by atoms with van der Waals surface area (Å²) >= 11 is 0. The van der Waals surface area contributed by atoms with E-state index in [1.807, 2.05) is 4.90 Å². The number of carbonyl (C=O) groups is 1. The smallest absolute Gasteiger partial charge is 0.429 e. The number of carboxylic acids is 1. The molecule has 212 valence electrons. The molecule has 0 amide bonds. The first-order chi connectivity index (χ1) is 19.1. The first-order valence-corrected chi connectivity index (χ1v) is 13.0. The number of nitrogens with zero attached hydrogens (tertiary/aromatic N) is 3. The second kappa shape index (κ2) is 10.9. The number of aliphatic carboxylic acids is 1. The average Bonchev–Trinajstić information content (AvgIpc) is 3.35. The Morgan fingerprint density at radius 3 is 2.48 bits per heavy atom. The zero-order valence-corrected chi connectivity index (χ0v) is 21.6. The van der Waals surface area contributed by atoms with Crippen molar-refractivity contribution in [1.82, 2.24) is 15.3 Å². The molecule has 5 N–H and O–H groups in total. The number of hydrogen-bond acceptors (Lipinski definition) is 8. The molecule has 2 aliphatic rings. The SMILES string of the molecule is Nc1nc(O[C@H](c2ccc(-c3ccccc3CO)cc2)C(F)(F)F)cc(N2CCC3(CC2)CNC(C(=O)O)C3)n1. The molecule has 0 aliphatic carbocycles. The van der Waals surface area contributed by atoms with E-state index in [-0.39, 0.29) is 29.4 Å². The van der Waals surface area contributed by atoms with Crippen molar-refractivity contribution in [2.75, 3.05) is 30.3 Å². The van der Waals surface area contributed by atoms with Crippen molar-refractivity contribution in [3.63, 3.8) is 0 Å². The molecule has 2 fully saturated rings. The van der Waals surface area contributed by atoms with Crippen molar-refractivity contribution in [3.05, 3.63) is 65.7 Å². The van der Waals surface area contributed by atoms with E-state index in [1.54, 1.807) is 36.4 Å². The lowest BCUT2D eigenvalue weighted by molar-refractivity contribution is -0.198. The lowest BCUT2D eigenvalue weighted by atomic mass is 9.76. The van der Waals surface area contributed by atoms with Crippen molar-refractivity contribution in [3.8, 4) is 17.0 Å². The van der Waals surface area contributed by atoms with Crippen molar-refractivity contribution < 1.29 is 32.9 Å². The number of aliphatic hydroxyl groups excluding tert-OH is 1. The van der Waals surface area contributed by atoms with Crippen LogP contribution in [0.4, 0.5) is 24.9 Å². The Kier molecular flexibility index (Phi) is 7.56. The predicted octanol–water partition coefficient (Wildman–Crippen LogP) is 3.93. The van der Waals surface area contributed by atoms with Gasteiger partial charge in [-0.15, -0.1) is 0 Å². The molecule has 0 radical (unpaired) electrons. The van der Waals surface area contributed by atoms with Gasteiger partial charge in [-0.05, 0) is 41.4 Å². The number of aliphatic hydroxyl groups is 1. The van der Waals surface area contributed by atoms with Gasteiger partial charge in [0.1, 0.15) is 11.9 Å². The third-order valence-corrected chi connectivity index (χ3v) is 7.76. The molecule has 40 heavy (non-hydrogen) atoms. The van der Waals surface area contributed by atoms with Crippen LogP contribution >= 0.6 is 0 Å². The lowest BCUT2D eigenvalue weighted by Gasteiger charge is -2.39. The molecule has 2 aliphatic heterocycles. The van der Waals surface area contributed by atoms with E-state index < -0.39 is 24.3 Å². The second-order valence-corrected chi connectivity index (χ2v) is 10.4. The molecule has 9 nitrogen and oxygen atoms in total. The van der Waals surface area contributed by atoms with E-state index in [0.717, 1.165) is 5.56 Å². The fourth-order valence-corrected chi connectivity index (χ4v) is 5.56. The molecular weight excluding hydrogens is 527 g/mol. The van der Waals surface area contributed by atoms with E-state index in [2.05, 4.69) is 15.3 Å². The monoisotopic (exact) mass is 557 g/mol. The van der Waals surface area contributed by atoms with E-state index >= 15 is 0 Å². The number of piperidine rings is 1. The number of nitrogen functional groups attached to an aromatic ring is 1. The molecule has 0 saturated carbocycles. The Morgan fingerprint density at radius 1 is 1.15 bits per heavy atom. The Hall–Kier alpha value is -3.90. The summed E-state index contributed by atoms with van der Waals surface area (Å²) in [5, 5.41) is 22.0. The van der Waals surface area contributed by atoms with Crippen LogP contribution in [0.5, 0.6) is 5.88 Å². The first kappa shape index (κ1) is 27.7. The predicted molar refractivity (Wildman–Crippen MR) is 142 cm³/mol. The van der Waals surface area contributed by atoms with Gasteiger partial charge in [0.05, 0.1) is 6.61 Å². The number of carboxylic acid groups (broad SMARTS) is 1. The minimum atomic E-state index is -4.74. The highest BCUT2D eigenvalue weighted by Gasteiger charge is 2.45. The molecule has 1 spiro atoms. The maximum absolute atomic E-state index is 14.2. The highest BCUT2D eigenvalue weighted by molar-refractivity contribution is 5.74. The van der Waals surface area contributed by atoms with Crippen LogP contribution in [0.3, 0.4) is 0 Å². The molecule has 2 aromatic carbocycles. The van der Waals surface area contributed by atoms with Crippen molar-refractivity contribution in [2.45, 2.75) is 44.2 Å². The molecule has 1 unspecified atom stereocenters. The van der Waals surface area contributed by atoms with Gasteiger partial charge in [0.2, 0.25) is 17.9 Å². The molecule has 0 bridgehead atoms. The Labute approximate surface area is 228 Å². The molecule has 2 saturated heterocycles. The van der Waals surface area contributed by atoms with E-state index in [9.17, 15) is 28.2 Å². The van der Waals surface area contributed by atoms with Gasteiger partial charge in [-0.1, -0.05) is 48.5 Å². The number of anilines is 2. The number of aromatic nitrogens is 2. The average molecular weight is 558 g/mol. The fraction of sp³-hybridized carbons (Fsp3) is 0.393. The van der Waals surface area contributed by atoms with Gasteiger partial charge >= 0.3 is 12.1 Å². The summed E-state index contributed by atoms with van der Waals surface area (Å²) in [7, 11) is 0. The van der Waals surface area contributed by atoms with Crippen LogP contribution in [-0.4, -0.2) is 58.0 Å². The number of halogens is 3. The van der Waals surface area contributed by atoms with Gasteiger partial charge in [0, 0.05) is 31.3 Å². The van der Waals surface area contributed by atoms with E-state index in [4.69, 9.17) is 10.5 Å². The molecule has 2 atom stereocenters. The van der Waals surface area contributed by atoms with E-state index in [1.165, 1.54) is 18.2 Å². The minimum absolute atomic E-state index is 0.113. The normalized spacial score (nSPS) is 19.5. The molecule has 3 heterocycles. The fourth-order valence-electron chi connectivity index (χ4n) is 5.56. The molecule has 5 rings (SSSR count). The standard InChI is InChI=1S/C28H30F3N5O4/c29-28(30,31)24(18-7-5-17(6-8-18)20-4-2-1-3-19(20)15-37)40-23-13-22(34-26(32)35-23)36-11-9-27(10-12-36)14-21(25(38)39)33-16-27/h1-8,13,21,24,33,37H,9-12,14-16H2,(H,38,39)(H2,32,34,35)/t21?,24-/m1/s1. The van der Waals surface area contributed by atoms with Gasteiger partial charge in [-0.3, -0.25) is 4.79 Å². The summed E-state index contributed by atoms with van der Waals surface area (Å²) in [5.74, 6) is -1.02. The number of nitrogens with two attached hydrogens (primary N) is 1. The summed E-state index contributed by atoms with van der Waals surface area (Å²) in [6.07, 6.45) is -5.08. The van der Waals surface area contributed by atoms with Crippen molar-refractivity contribution >= 4 is 17.7 Å². The van der Waals surface area contributed by atoms with Gasteiger partial charge in [-0.25, -0.2) is 0 Å². The van der Waals surface area contributed by atoms with Gasteiger partial charge in [0.25, 0.3) is 0 Å². The Morgan fingerprint density at radius 2 is 1.85 bits per heavy atom. The van der Waals surface area contributed by atoms with Gasteiger partial charge < -0.3 is 30.9 Å². The third-order valence-electron chi connectivity index (χ3n) is 7.76. The maximum atomic E-state index is 14.2. The number of alkyl halides is 3. The number of nitrogens with one attached hydrogen (secondary N) is 1. The number of benzene rings is 2. The van der Waals surface area contributed by atoms with Crippen LogP contribution in [-0.2, 0) is 11.4 Å². The maximum Gasteiger partial charge on any atom is 0.429 e. The van der Waals surface area contributed by atoms with Gasteiger partial charge in [-0.2, -0.15) is 23.1 Å². The number of rotatable bonds is 7. The summed E-state index contributed by atoms with van der Waals surface area (Å²) < 4.78 is 47.9. The van der Waals surface area contributed by atoms with Crippen molar-refractivity contribution in [2.24, 2.45) is 5.41 Å². The summed E-state index contributed by atoms with van der Waals surface area (Å²) in [5.41, 5.74) is 7.67. The lowest BCUT2D eigenvalue weighted by Crippen LogP contribution is -2.41.